The van der Waals surface area contributed by atoms with Crippen LogP contribution in [0.1, 0.15) is 48.5 Å². The summed E-state index contributed by atoms with van der Waals surface area (Å²) in [5, 5.41) is 6.89. The molecule has 4 nitrogen and oxygen atoms in total. The lowest BCUT2D eigenvalue weighted by molar-refractivity contribution is 0.0949. The molecule has 2 rings (SSSR count). The first-order valence-electron chi connectivity index (χ1n) is 7.98. The molecule has 0 atom stereocenters. The van der Waals surface area contributed by atoms with E-state index in [4.69, 9.17) is 4.52 Å². The number of hydrogen-bond acceptors (Lipinski definition) is 4. The van der Waals surface area contributed by atoms with Crippen LogP contribution in [0.5, 0.6) is 0 Å². The van der Waals surface area contributed by atoms with Crippen LogP contribution in [-0.4, -0.2) is 17.6 Å². The van der Waals surface area contributed by atoms with Crippen molar-refractivity contribution in [3.8, 4) is 0 Å². The molecule has 1 aromatic heterocycles. The lowest BCUT2D eigenvalue weighted by Gasteiger charge is -2.10. The lowest BCUT2D eigenvalue weighted by atomic mass is 10.1. The second kappa shape index (κ2) is 8.77. The van der Waals surface area contributed by atoms with E-state index in [2.05, 4.69) is 24.3 Å². The van der Waals surface area contributed by atoms with Crippen LogP contribution in [0.4, 0.5) is 0 Å². The summed E-state index contributed by atoms with van der Waals surface area (Å²) in [4.78, 5) is 13.3. The van der Waals surface area contributed by atoms with Crippen LogP contribution in [0, 0.1) is 12.8 Å². The molecule has 0 aliphatic carbocycles. The minimum absolute atomic E-state index is 0.00870. The van der Waals surface area contributed by atoms with Crippen LogP contribution in [0.25, 0.3) is 0 Å². The number of nitrogens with zero attached hydrogens (tertiary/aromatic N) is 1. The molecule has 1 N–H and O–H groups in total. The Kier molecular flexibility index (Phi) is 6.71. The first-order chi connectivity index (χ1) is 11.1. The van der Waals surface area contributed by atoms with Crippen molar-refractivity contribution >= 4 is 17.7 Å². The largest absolute Gasteiger partial charge is 0.360 e. The van der Waals surface area contributed by atoms with Crippen molar-refractivity contribution in [1.82, 2.24) is 10.5 Å². The number of benzene rings is 1. The number of nitrogens with one attached hydrogen (secondary N) is 1. The summed E-state index contributed by atoms with van der Waals surface area (Å²) < 4.78 is 5.22. The molecular weight excluding hydrogens is 308 g/mol. The van der Waals surface area contributed by atoms with Gasteiger partial charge in [0.1, 0.15) is 5.76 Å². The Labute approximate surface area is 142 Å². The van der Waals surface area contributed by atoms with Crippen molar-refractivity contribution in [2.24, 2.45) is 5.92 Å². The second-order valence-corrected chi connectivity index (χ2v) is 7.03. The average Bonchev–Trinajstić information content (AvgIpc) is 2.95. The van der Waals surface area contributed by atoms with E-state index >= 15 is 0 Å². The molecule has 0 fully saturated rings. The second-order valence-electron chi connectivity index (χ2n) is 6.01. The molecule has 1 aromatic carbocycles. The van der Waals surface area contributed by atoms with E-state index in [1.807, 2.05) is 37.3 Å². The van der Waals surface area contributed by atoms with Crippen LogP contribution in [-0.2, 0) is 5.75 Å². The number of carbonyl (C=O) groups is 1. The Morgan fingerprint density at radius 3 is 2.83 bits per heavy atom. The maximum atomic E-state index is 12.4. The monoisotopic (exact) mass is 332 g/mol. The van der Waals surface area contributed by atoms with Crippen LogP contribution in [0.15, 0.2) is 39.8 Å². The quantitative estimate of drug-likeness (QED) is 0.573. The number of amides is 1. The minimum atomic E-state index is -0.00870. The molecule has 23 heavy (non-hydrogen) atoms. The summed E-state index contributed by atoms with van der Waals surface area (Å²) in [7, 11) is 0. The van der Waals surface area contributed by atoms with Crippen molar-refractivity contribution in [2.45, 2.75) is 44.3 Å². The molecule has 0 aliphatic heterocycles. The Bertz CT molecular complexity index is 637. The van der Waals surface area contributed by atoms with Crippen LogP contribution < -0.4 is 5.32 Å². The number of rotatable bonds is 8. The Morgan fingerprint density at radius 2 is 2.13 bits per heavy atom. The zero-order chi connectivity index (χ0) is 16.7. The predicted molar refractivity (Wildman–Crippen MR) is 93.6 cm³/mol. The first kappa shape index (κ1) is 17.6. The summed E-state index contributed by atoms with van der Waals surface area (Å²) in [6.45, 7) is 7.01. The van der Waals surface area contributed by atoms with Gasteiger partial charge >= 0.3 is 0 Å². The molecule has 124 valence electrons. The molecule has 0 saturated heterocycles. The van der Waals surface area contributed by atoms with Crippen LogP contribution in [0.2, 0.25) is 0 Å². The van der Waals surface area contributed by atoms with Gasteiger partial charge in [-0.25, -0.2) is 0 Å². The molecule has 0 spiro atoms. The van der Waals surface area contributed by atoms with E-state index in [1.54, 1.807) is 11.8 Å². The lowest BCUT2D eigenvalue weighted by Crippen LogP contribution is -2.25. The molecule has 5 heteroatoms. The van der Waals surface area contributed by atoms with Crippen molar-refractivity contribution < 1.29 is 9.32 Å². The van der Waals surface area contributed by atoms with E-state index < -0.39 is 0 Å². The fourth-order valence-electron chi connectivity index (χ4n) is 2.22. The Morgan fingerprint density at radius 1 is 1.35 bits per heavy atom. The molecule has 1 amide bonds. The third kappa shape index (κ3) is 5.75. The highest BCUT2D eigenvalue weighted by molar-refractivity contribution is 7.98. The SMILES string of the molecule is Cc1cc(CSc2ccccc2C(=O)NCCCC(C)C)on1. The van der Waals surface area contributed by atoms with E-state index in [0.717, 1.165) is 41.3 Å². The summed E-state index contributed by atoms with van der Waals surface area (Å²) >= 11 is 1.59. The fourth-order valence-corrected chi connectivity index (χ4v) is 3.15. The maximum Gasteiger partial charge on any atom is 0.252 e. The topological polar surface area (TPSA) is 55.1 Å². The predicted octanol–water partition coefficient (Wildman–Crippen LogP) is 4.44. The first-order valence-corrected chi connectivity index (χ1v) is 8.97. The minimum Gasteiger partial charge on any atom is -0.360 e. The Hall–Kier alpha value is -1.75. The van der Waals surface area contributed by atoms with Crippen LogP contribution >= 0.6 is 11.8 Å². The third-order valence-electron chi connectivity index (χ3n) is 3.42. The number of hydrogen-bond donors (Lipinski definition) is 1. The van der Waals surface area contributed by atoms with Gasteiger partial charge in [0.05, 0.1) is 17.0 Å². The molecular formula is C18H24N2O2S. The summed E-state index contributed by atoms with van der Waals surface area (Å²) in [6, 6.07) is 9.60. The average molecular weight is 332 g/mol. The van der Waals surface area contributed by atoms with Crippen molar-refractivity contribution in [3.63, 3.8) is 0 Å². The van der Waals surface area contributed by atoms with Gasteiger partial charge in [-0.15, -0.1) is 11.8 Å². The highest BCUT2D eigenvalue weighted by Crippen LogP contribution is 2.26. The molecule has 0 unspecified atom stereocenters. The van der Waals surface area contributed by atoms with Crippen molar-refractivity contribution in [3.05, 3.63) is 47.3 Å². The van der Waals surface area contributed by atoms with E-state index in [0.29, 0.717) is 11.7 Å². The molecule has 0 aliphatic rings. The maximum absolute atomic E-state index is 12.4. The van der Waals surface area contributed by atoms with Gasteiger partial charge in [-0.3, -0.25) is 4.79 Å². The van der Waals surface area contributed by atoms with E-state index in [-0.39, 0.29) is 5.91 Å². The van der Waals surface area contributed by atoms with Gasteiger partial charge in [-0.2, -0.15) is 0 Å². The molecule has 0 saturated carbocycles. The van der Waals surface area contributed by atoms with Gasteiger partial charge in [-0.1, -0.05) is 31.1 Å². The van der Waals surface area contributed by atoms with Gasteiger partial charge in [0.25, 0.3) is 5.91 Å². The van der Waals surface area contributed by atoms with Crippen molar-refractivity contribution in [1.29, 1.82) is 0 Å². The van der Waals surface area contributed by atoms with Gasteiger partial charge in [0.2, 0.25) is 0 Å². The highest BCUT2D eigenvalue weighted by atomic mass is 32.2. The fraction of sp³-hybridized carbons (Fsp3) is 0.444. The van der Waals surface area contributed by atoms with Gasteiger partial charge < -0.3 is 9.84 Å². The van der Waals surface area contributed by atoms with Gasteiger partial charge in [-0.05, 0) is 37.8 Å². The molecule has 2 aromatic rings. The summed E-state index contributed by atoms with van der Waals surface area (Å²) in [5.41, 5.74) is 1.59. The normalized spacial score (nSPS) is 11.0. The molecule has 0 bridgehead atoms. The third-order valence-corrected chi connectivity index (χ3v) is 4.52. The smallest absolute Gasteiger partial charge is 0.252 e. The standard InChI is InChI=1S/C18H24N2O2S/c1-13(2)7-6-10-19-18(21)16-8-4-5-9-17(16)23-12-15-11-14(3)20-22-15/h4-5,8-9,11,13H,6-7,10,12H2,1-3H3,(H,19,21). The number of aromatic nitrogens is 1. The van der Waals surface area contributed by atoms with E-state index in [1.165, 1.54) is 0 Å². The van der Waals surface area contributed by atoms with Crippen molar-refractivity contribution in [2.75, 3.05) is 6.54 Å². The molecule has 1 heterocycles. The van der Waals surface area contributed by atoms with Gasteiger partial charge in [0, 0.05) is 17.5 Å². The highest BCUT2D eigenvalue weighted by Gasteiger charge is 2.12. The number of thioether (sulfide) groups is 1. The van der Waals surface area contributed by atoms with E-state index in [9.17, 15) is 4.79 Å². The van der Waals surface area contributed by atoms with Gasteiger partial charge in [0.15, 0.2) is 0 Å². The number of carbonyl (C=O) groups excluding carboxylic acids is 1. The number of aryl methyl sites for hydroxylation is 1. The Balaban J connectivity index is 1.92. The zero-order valence-electron chi connectivity index (χ0n) is 14.0. The van der Waals surface area contributed by atoms with Crippen LogP contribution in [0.3, 0.4) is 0 Å². The summed E-state index contributed by atoms with van der Waals surface area (Å²) in [6.07, 6.45) is 2.14. The molecule has 0 radical (unpaired) electrons. The zero-order valence-corrected chi connectivity index (χ0v) is 14.8. The summed E-state index contributed by atoms with van der Waals surface area (Å²) in [5.74, 6) is 2.14.